The highest BCUT2D eigenvalue weighted by molar-refractivity contribution is 7.11. The molecule has 82 valence electrons. The third-order valence-electron chi connectivity index (χ3n) is 3.72. The number of aromatic nitrogens is 1. The molecule has 0 saturated carbocycles. The number of fused-ring (bicyclic) bond motifs is 4. The SMILES string of the molecule is Cc1nc2c(s1)C1CCC(C2)N1C(C)C. The normalized spacial score (nSPS) is 29.9. The monoisotopic (exact) mass is 222 g/mol. The molecule has 2 aliphatic rings. The Morgan fingerprint density at radius 3 is 2.93 bits per heavy atom. The maximum absolute atomic E-state index is 4.68. The van der Waals surface area contributed by atoms with E-state index in [1.807, 2.05) is 11.3 Å². The van der Waals surface area contributed by atoms with Gasteiger partial charge in [0.15, 0.2) is 0 Å². The van der Waals surface area contributed by atoms with Gasteiger partial charge in [-0.2, -0.15) is 0 Å². The average molecular weight is 222 g/mol. The molecule has 3 rings (SSSR count). The van der Waals surface area contributed by atoms with Crippen LogP contribution in [0.25, 0.3) is 0 Å². The van der Waals surface area contributed by atoms with Crippen LogP contribution >= 0.6 is 11.3 Å². The van der Waals surface area contributed by atoms with Crippen molar-refractivity contribution < 1.29 is 0 Å². The maximum Gasteiger partial charge on any atom is 0.0900 e. The molecule has 1 saturated heterocycles. The van der Waals surface area contributed by atoms with Crippen LogP contribution in [0.3, 0.4) is 0 Å². The predicted molar refractivity (Wildman–Crippen MR) is 63.3 cm³/mol. The Hall–Kier alpha value is -0.410. The van der Waals surface area contributed by atoms with E-state index in [0.29, 0.717) is 12.1 Å². The van der Waals surface area contributed by atoms with Crippen LogP contribution in [0.2, 0.25) is 0 Å². The van der Waals surface area contributed by atoms with Gasteiger partial charge in [-0.25, -0.2) is 4.98 Å². The number of aryl methyl sites for hydroxylation is 1. The first kappa shape index (κ1) is 9.79. The zero-order chi connectivity index (χ0) is 10.6. The van der Waals surface area contributed by atoms with Gasteiger partial charge in [-0.15, -0.1) is 11.3 Å². The minimum Gasteiger partial charge on any atom is -0.290 e. The van der Waals surface area contributed by atoms with Gasteiger partial charge in [0.05, 0.1) is 10.7 Å². The highest BCUT2D eigenvalue weighted by Crippen LogP contribution is 2.46. The van der Waals surface area contributed by atoms with E-state index in [0.717, 1.165) is 6.04 Å². The van der Waals surface area contributed by atoms with Crippen LogP contribution in [0.5, 0.6) is 0 Å². The lowest BCUT2D eigenvalue weighted by atomic mass is 10.0. The Kier molecular flexibility index (Phi) is 2.15. The molecule has 1 fully saturated rings. The van der Waals surface area contributed by atoms with Crippen LogP contribution in [-0.4, -0.2) is 22.0 Å². The average Bonchev–Trinajstić information content (AvgIpc) is 2.68. The van der Waals surface area contributed by atoms with E-state index in [-0.39, 0.29) is 0 Å². The number of thiazole rings is 1. The van der Waals surface area contributed by atoms with Gasteiger partial charge in [-0.05, 0) is 33.6 Å². The molecule has 2 bridgehead atoms. The van der Waals surface area contributed by atoms with Crippen molar-refractivity contribution in [2.45, 2.75) is 58.2 Å². The first-order chi connectivity index (χ1) is 7.16. The van der Waals surface area contributed by atoms with Crippen LogP contribution in [-0.2, 0) is 6.42 Å². The lowest BCUT2D eigenvalue weighted by Crippen LogP contribution is -2.41. The fourth-order valence-corrected chi connectivity index (χ4v) is 4.37. The van der Waals surface area contributed by atoms with Gasteiger partial charge in [-0.3, -0.25) is 4.90 Å². The number of hydrogen-bond donors (Lipinski definition) is 0. The molecular formula is C12H18N2S. The van der Waals surface area contributed by atoms with E-state index in [4.69, 9.17) is 0 Å². The summed E-state index contributed by atoms with van der Waals surface area (Å²) in [6.45, 7) is 6.78. The fraction of sp³-hybridized carbons (Fsp3) is 0.750. The first-order valence-electron chi connectivity index (χ1n) is 5.90. The molecule has 0 aliphatic carbocycles. The summed E-state index contributed by atoms with van der Waals surface area (Å²) in [5.41, 5.74) is 1.40. The molecule has 0 amide bonds. The van der Waals surface area contributed by atoms with E-state index in [1.165, 1.54) is 30.0 Å². The quantitative estimate of drug-likeness (QED) is 0.726. The zero-order valence-electron chi connectivity index (χ0n) is 9.66. The summed E-state index contributed by atoms with van der Waals surface area (Å²) >= 11 is 1.92. The molecule has 0 radical (unpaired) electrons. The Bertz CT molecular complexity index is 383. The molecule has 1 aromatic rings. The highest BCUT2D eigenvalue weighted by atomic mass is 32.1. The summed E-state index contributed by atoms with van der Waals surface area (Å²) in [4.78, 5) is 8.95. The van der Waals surface area contributed by atoms with E-state index >= 15 is 0 Å². The van der Waals surface area contributed by atoms with E-state index in [2.05, 4.69) is 30.7 Å². The molecule has 2 aliphatic heterocycles. The van der Waals surface area contributed by atoms with Crippen LogP contribution in [0.15, 0.2) is 0 Å². The standard InChI is InChI=1S/C12H18N2S/c1-7(2)14-9-4-5-11(14)12-10(6-9)13-8(3)15-12/h7,9,11H,4-6H2,1-3H3. The molecule has 0 aromatic carbocycles. The third kappa shape index (κ3) is 1.36. The van der Waals surface area contributed by atoms with Crippen molar-refractivity contribution in [3.05, 3.63) is 15.6 Å². The van der Waals surface area contributed by atoms with Crippen LogP contribution < -0.4 is 0 Å². The summed E-state index contributed by atoms with van der Waals surface area (Å²) < 4.78 is 0. The topological polar surface area (TPSA) is 16.1 Å². The Morgan fingerprint density at radius 1 is 1.40 bits per heavy atom. The second kappa shape index (κ2) is 3.29. The molecule has 0 spiro atoms. The van der Waals surface area contributed by atoms with Crippen molar-refractivity contribution in [1.29, 1.82) is 0 Å². The number of hydrogen-bond acceptors (Lipinski definition) is 3. The van der Waals surface area contributed by atoms with Crippen LogP contribution in [0.4, 0.5) is 0 Å². The lowest BCUT2D eigenvalue weighted by molar-refractivity contribution is 0.136. The molecule has 2 atom stereocenters. The molecule has 2 unspecified atom stereocenters. The maximum atomic E-state index is 4.68. The van der Waals surface area contributed by atoms with Crippen molar-refractivity contribution in [2.24, 2.45) is 0 Å². The zero-order valence-corrected chi connectivity index (χ0v) is 10.5. The smallest absolute Gasteiger partial charge is 0.0900 e. The van der Waals surface area contributed by atoms with Gasteiger partial charge in [0.25, 0.3) is 0 Å². The van der Waals surface area contributed by atoms with Crippen molar-refractivity contribution in [3.8, 4) is 0 Å². The van der Waals surface area contributed by atoms with Crippen LogP contribution in [0.1, 0.15) is 48.3 Å². The second-order valence-electron chi connectivity index (χ2n) is 5.04. The van der Waals surface area contributed by atoms with E-state index < -0.39 is 0 Å². The Balaban J connectivity index is 2.03. The Morgan fingerprint density at radius 2 is 2.20 bits per heavy atom. The lowest BCUT2D eigenvalue weighted by Gasteiger charge is -2.37. The van der Waals surface area contributed by atoms with Gasteiger partial charge in [0.2, 0.25) is 0 Å². The van der Waals surface area contributed by atoms with E-state index in [1.54, 1.807) is 4.88 Å². The van der Waals surface area contributed by atoms with Gasteiger partial charge >= 0.3 is 0 Å². The molecule has 1 aromatic heterocycles. The summed E-state index contributed by atoms with van der Waals surface area (Å²) in [6, 6.07) is 2.13. The molecular weight excluding hydrogens is 204 g/mol. The van der Waals surface area contributed by atoms with Gasteiger partial charge in [0, 0.05) is 29.4 Å². The molecule has 15 heavy (non-hydrogen) atoms. The summed E-state index contributed by atoms with van der Waals surface area (Å²) in [6.07, 6.45) is 3.90. The molecule has 3 heteroatoms. The van der Waals surface area contributed by atoms with Gasteiger partial charge < -0.3 is 0 Å². The minimum atomic E-state index is 0.679. The number of nitrogens with zero attached hydrogens (tertiary/aromatic N) is 2. The fourth-order valence-electron chi connectivity index (χ4n) is 3.27. The third-order valence-corrected chi connectivity index (χ3v) is 4.83. The minimum absolute atomic E-state index is 0.679. The van der Waals surface area contributed by atoms with E-state index in [9.17, 15) is 0 Å². The van der Waals surface area contributed by atoms with Crippen LogP contribution in [0, 0.1) is 6.92 Å². The first-order valence-corrected chi connectivity index (χ1v) is 6.72. The largest absolute Gasteiger partial charge is 0.290 e. The predicted octanol–water partition coefficient (Wildman–Crippen LogP) is 2.92. The van der Waals surface area contributed by atoms with Crippen molar-refractivity contribution in [1.82, 2.24) is 9.88 Å². The molecule has 0 N–H and O–H groups in total. The molecule has 2 nitrogen and oxygen atoms in total. The Labute approximate surface area is 95.3 Å². The van der Waals surface area contributed by atoms with Gasteiger partial charge in [0.1, 0.15) is 0 Å². The van der Waals surface area contributed by atoms with Crippen molar-refractivity contribution in [3.63, 3.8) is 0 Å². The van der Waals surface area contributed by atoms with Gasteiger partial charge in [-0.1, -0.05) is 0 Å². The summed E-state index contributed by atoms with van der Waals surface area (Å²) in [5, 5.41) is 1.25. The number of rotatable bonds is 1. The second-order valence-corrected chi connectivity index (χ2v) is 6.27. The van der Waals surface area contributed by atoms with Crippen molar-refractivity contribution >= 4 is 11.3 Å². The molecule has 3 heterocycles. The summed E-state index contributed by atoms with van der Waals surface area (Å²) in [5.74, 6) is 0. The van der Waals surface area contributed by atoms with Crippen molar-refractivity contribution in [2.75, 3.05) is 0 Å². The summed E-state index contributed by atoms with van der Waals surface area (Å²) in [7, 11) is 0. The highest BCUT2D eigenvalue weighted by Gasteiger charge is 2.42.